The standard InChI is InChI=1S/C25H23N3O4/c1-15-11-22-23(25(31)28(15)10-9-17-7-8-20(29)21(30)13-17)18(19(14-26)24(27)32-22)12-16-5-3-2-4-6-16/h2-8,11,13,18,29-30H,9-10,12,27H2,1H3/t18-/m0/s1. The summed E-state index contributed by atoms with van der Waals surface area (Å²) in [7, 11) is 0. The summed E-state index contributed by atoms with van der Waals surface area (Å²) in [6.07, 6.45) is 0.922. The van der Waals surface area contributed by atoms with E-state index < -0.39 is 5.92 Å². The van der Waals surface area contributed by atoms with Crippen LogP contribution >= 0.6 is 0 Å². The Hall–Kier alpha value is -4.18. The Bertz CT molecular complexity index is 1300. The second-order valence-electron chi connectivity index (χ2n) is 7.83. The van der Waals surface area contributed by atoms with Gasteiger partial charge >= 0.3 is 0 Å². The van der Waals surface area contributed by atoms with Crippen LogP contribution in [-0.2, 0) is 19.4 Å². The summed E-state index contributed by atoms with van der Waals surface area (Å²) >= 11 is 0. The van der Waals surface area contributed by atoms with E-state index in [4.69, 9.17) is 10.5 Å². The number of ether oxygens (including phenoxy) is 1. The van der Waals surface area contributed by atoms with Gasteiger partial charge in [0, 0.05) is 24.2 Å². The SMILES string of the molecule is Cc1cc2c(c(=O)n1CCc1ccc(O)c(O)c1)[C@@H](Cc1ccccc1)C(C#N)=C(N)O2. The summed E-state index contributed by atoms with van der Waals surface area (Å²) in [6, 6.07) is 18.1. The van der Waals surface area contributed by atoms with E-state index >= 15 is 0 Å². The fourth-order valence-electron chi connectivity index (χ4n) is 4.08. The summed E-state index contributed by atoms with van der Waals surface area (Å²) in [5.41, 5.74) is 8.92. The van der Waals surface area contributed by atoms with Gasteiger partial charge in [-0.15, -0.1) is 0 Å². The minimum atomic E-state index is -0.511. The molecule has 1 aliphatic heterocycles. The zero-order chi connectivity index (χ0) is 22.8. The molecule has 0 saturated heterocycles. The molecule has 0 spiro atoms. The summed E-state index contributed by atoms with van der Waals surface area (Å²) in [5, 5.41) is 29.0. The summed E-state index contributed by atoms with van der Waals surface area (Å²) in [5.74, 6) is -0.499. The molecule has 7 heteroatoms. The van der Waals surface area contributed by atoms with Crippen LogP contribution in [0.25, 0.3) is 0 Å². The van der Waals surface area contributed by atoms with Crippen molar-refractivity contribution in [2.24, 2.45) is 5.73 Å². The molecule has 0 radical (unpaired) electrons. The number of allylic oxidation sites excluding steroid dienone is 1. The van der Waals surface area contributed by atoms with Crippen LogP contribution in [0, 0.1) is 18.3 Å². The monoisotopic (exact) mass is 429 g/mol. The predicted molar refractivity (Wildman–Crippen MR) is 119 cm³/mol. The molecular formula is C25H23N3O4. The number of phenols is 2. The van der Waals surface area contributed by atoms with Gasteiger partial charge in [-0.2, -0.15) is 5.26 Å². The summed E-state index contributed by atoms with van der Waals surface area (Å²) < 4.78 is 7.31. The van der Waals surface area contributed by atoms with Crippen molar-refractivity contribution < 1.29 is 14.9 Å². The quantitative estimate of drug-likeness (QED) is 0.536. The van der Waals surface area contributed by atoms with Gasteiger partial charge in [0.15, 0.2) is 11.5 Å². The maximum atomic E-state index is 13.6. The van der Waals surface area contributed by atoms with Crippen molar-refractivity contribution >= 4 is 0 Å². The Balaban J connectivity index is 1.74. The van der Waals surface area contributed by atoms with Gasteiger partial charge in [0.2, 0.25) is 5.88 Å². The van der Waals surface area contributed by atoms with Gasteiger partial charge < -0.3 is 25.3 Å². The topological polar surface area (TPSA) is 122 Å². The lowest BCUT2D eigenvalue weighted by molar-refractivity contribution is 0.382. The van der Waals surface area contributed by atoms with Gasteiger partial charge in [-0.1, -0.05) is 36.4 Å². The number of hydrogen-bond donors (Lipinski definition) is 3. The number of aryl methyl sites for hydroxylation is 2. The predicted octanol–water partition coefficient (Wildman–Crippen LogP) is 3.22. The van der Waals surface area contributed by atoms with Crippen molar-refractivity contribution in [1.29, 1.82) is 5.26 Å². The van der Waals surface area contributed by atoms with E-state index in [0.29, 0.717) is 36.4 Å². The second-order valence-corrected chi connectivity index (χ2v) is 7.83. The first-order valence-corrected chi connectivity index (χ1v) is 10.3. The van der Waals surface area contributed by atoms with Crippen molar-refractivity contribution in [2.75, 3.05) is 0 Å². The van der Waals surface area contributed by atoms with Crippen LogP contribution in [0.5, 0.6) is 17.2 Å². The molecule has 7 nitrogen and oxygen atoms in total. The van der Waals surface area contributed by atoms with E-state index in [2.05, 4.69) is 6.07 Å². The van der Waals surface area contributed by atoms with E-state index in [1.54, 1.807) is 16.7 Å². The Morgan fingerprint density at radius 1 is 1.09 bits per heavy atom. The Labute approximate surface area is 185 Å². The number of rotatable bonds is 5. The molecule has 0 saturated carbocycles. The Morgan fingerprint density at radius 2 is 1.84 bits per heavy atom. The molecule has 4 N–H and O–H groups in total. The molecule has 4 rings (SSSR count). The number of pyridine rings is 1. The van der Waals surface area contributed by atoms with Gasteiger partial charge in [-0.25, -0.2) is 0 Å². The molecule has 162 valence electrons. The molecule has 32 heavy (non-hydrogen) atoms. The number of aromatic hydroxyl groups is 2. The zero-order valence-corrected chi connectivity index (χ0v) is 17.6. The maximum Gasteiger partial charge on any atom is 0.258 e. The molecule has 2 aromatic carbocycles. The van der Waals surface area contributed by atoms with Crippen LogP contribution in [0.4, 0.5) is 0 Å². The normalized spacial score (nSPS) is 15.1. The number of fused-ring (bicyclic) bond motifs is 1. The van der Waals surface area contributed by atoms with E-state index in [-0.39, 0.29) is 28.5 Å². The average molecular weight is 429 g/mol. The highest BCUT2D eigenvalue weighted by molar-refractivity contribution is 5.50. The highest BCUT2D eigenvalue weighted by atomic mass is 16.5. The van der Waals surface area contributed by atoms with Crippen LogP contribution in [-0.4, -0.2) is 14.8 Å². The van der Waals surface area contributed by atoms with Crippen molar-refractivity contribution in [1.82, 2.24) is 4.57 Å². The number of hydrogen-bond acceptors (Lipinski definition) is 6. The molecule has 0 fully saturated rings. The lowest BCUT2D eigenvalue weighted by Gasteiger charge is -2.27. The van der Waals surface area contributed by atoms with Gasteiger partial charge in [-0.05, 0) is 43.0 Å². The van der Waals surface area contributed by atoms with Gasteiger partial charge in [-0.3, -0.25) is 4.79 Å². The third-order valence-electron chi connectivity index (χ3n) is 5.76. The third kappa shape index (κ3) is 3.91. The minimum absolute atomic E-state index is 0.0250. The van der Waals surface area contributed by atoms with Gasteiger partial charge in [0.25, 0.3) is 5.56 Å². The first-order chi connectivity index (χ1) is 15.4. The number of nitriles is 1. The van der Waals surface area contributed by atoms with Crippen LogP contribution < -0.4 is 16.0 Å². The second kappa shape index (κ2) is 8.52. The molecule has 0 unspecified atom stereocenters. The molecule has 2 heterocycles. The molecule has 1 aliphatic rings. The van der Waals surface area contributed by atoms with E-state index in [0.717, 1.165) is 11.1 Å². The molecule has 0 aliphatic carbocycles. The summed E-state index contributed by atoms with van der Waals surface area (Å²) in [4.78, 5) is 13.6. The molecule has 1 atom stereocenters. The van der Waals surface area contributed by atoms with E-state index in [9.17, 15) is 20.3 Å². The molecule has 1 aromatic heterocycles. The lowest BCUT2D eigenvalue weighted by atomic mass is 9.85. The number of aromatic nitrogens is 1. The van der Waals surface area contributed by atoms with Crippen LogP contribution in [0.3, 0.4) is 0 Å². The fourth-order valence-corrected chi connectivity index (χ4v) is 4.08. The van der Waals surface area contributed by atoms with Crippen molar-refractivity contribution in [3.63, 3.8) is 0 Å². The average Bonchev–Trinajstić information content (AvgIpc) is 2.76. The molecule has 3 aromatic rings. The van der Waals surface area contributed by atoms with Crippen molar-refractivity contribution in [2.45, 2.75) is 32.2 Å². The molecule has 0 bridgehead atoms. The number of phenolic OH excluding ortho intramolecular Hbond substituents is 2. The van der Waals surface area contributed by atoms with Gasteiger partial charge in [0.05, 0.1) is 11.1 Å². The number of nitrogens with zero attached hydrogens (tertiary/aromatic N) is 2. The maximum absolute atomic E-state index is 13.6. The minimum Gasteiger partial charge on any atom is -0.504 e. The van der Waals surface area contributed by atoms with Gasteiger partial charge in [0.1, 0.15) is 11.8 Å². The number of nitrogens with two attached hydrogens (primary N) is 1. The van der Waals surface area contributed by atoms with Crippen LogP contribution in [0.15, 0.2) is 70.8 Å². The third-order valence-corrected chi connectivity index (χ3v) is 5.76. The molecule has 0 amide bonds. The van der Waals surface area contributed by atoms with Crippen LogP contribution in [0.2, 0.25) is 0 Å². The highest BCUT2D eigenvalue weighted by Gasteiger charge is 2.33. The van der Waals surface area contributed by atoms with Crippen LogP contribution in [0.1, 0.15) is 28.3 Å². The largest absolute Gasteiger partial charge is 0.504 e. The summed E-state index contributed by atoms with van der Waals surface area (Å²) in [6.45, 7) is 2.17. The number of benzene rings is 2. The van der Waals surface area contributed by atoms with Crippen molar-refractivity contribution in [3.8, 4) is 23.3 Å². The lowest BCUT2D eigenvalue weighted by Crippen LogP contribution is -2.33. The van der Waals surface area contributed by atoms with Crippen molar-refractivity contribution in [3.05, 3.63) is 98.8 Å². The first-order valence-electron chi connectivity index (χ1n) is 10.3. The molecular weight excluding hydrogens is 406 g/mol. The Kier molecular flexibility index (Phi) is 5.61. The fraction of sp³-hybridized carbons (Fsp3) is 0.200. The Morgan fingerprint density at radius 3 is 2.53 bits per heavy atom. The highest BCUT2D eigenvalue weighted by Crippen LogP contribution is 2.38. The first kappa shape index (κ1) is 21.1. The zero-order valence-electron chi connectivity index (χ0n) is 17.6. The van der Waals surface area contributed by atoms with E-state index in [1.165, 1.54) is 12.1 Å². The van der Waals surface area contributed by atoms with E-state index in [1.807, 2.05) is 37.3 Å². The smallest absolute Gasteiger partial charge is 0.258 e.